The number of nitrogens with zero attached hydrogens (tertiary/aromatic N) is 4. The summed E-state index contributed by atoms with van der Waals surface area (Å²) in [7, 11) is 0. The normalized spacial score (nSPS) is 11.3. The highest BCUT2D eigenvalue weighted by Gasteiger charge is 2.14. The molecule has 2 aromatic heterocycles. The first-order valence-corrected chi connectivity index (χ1v) is 7.49. The SMILES string of the molecule is Cc1nnc2c(Oc3ccc(Br)cc3C(C)C)nccn12. The first-order valence-electron chi connectivity index (χ1n) is 6.70. The lowest BCUT2D eigenvalue weighted by atomic mass is 10.0. The second-order valence-corrected chi connectivity index (χ2v) is 6.03. The van der Waals surface area contributed by atoms with Crippen molar-refractivity contribution in [3.63, 3.8) is 0 Å². The molecule has 0 unspecified atom stereocenters. The molecule has 108 valence electrons. The van der Waals surface area contributed by atoms with Crippen LogP contribution in [0, 0.1) is 6.92 Å². The summed E-state index contributed by atoms with van der Waals surface area (Å²) in [4.78, 5) is 4.28. The number of hydrogen-bond acceptors (Lipinski definition) is 4. The van der Waals surface area contributed by atoms with Crippen molar-refractivity contribution in [2.45, 2.75) is 26.7 Å². The Hall–Kier alpha value is -1.95. The summed E-state index contributed by atoms with van der Waals surface area (Å²) >= 11 is 3.50. The number of aryl methyl sites for hydroxylation is 1. The molecule has 0 amide bonds. The second-order valence-electron chi connectivity index (χ2n) is 5.11. The molecule has 1 aromatic carbocycles. The molecule has 0 saturated carbocycles. The molecule has 0 aliphatic rings. The molecule has 0 radical (unpaired) electrons. The minimum atomic E-state index is 0.344. The summed E-state index contributed by atoms with van der Waals surface area (Å²) in [5.41, 5.74) is 1.73. The van der Waals surface area contributed by atoms with E-state index in [0.29, 0.717) is 17.4 Å². The van der Waals surface area contributed by atoms with Crippen molar-refractivity contribution >= 4 is 21.6 Å². The quantitative estimate of drug-likeness (QED) is 0.715. The van der Waals surface area contributed by atoms with E-state index in [1.54, 1.807) is 6.20 Å². The van der Waals surface area contributed by atoms with Crippen molar-refractivity contribution in [3.8, 4) is 11.6 Å². The minimum absolute atomic E-state index is 0.344. The summed E-state index contributed by atoms with van der Waals surface area (Å²) in [6.07, 6.45) is 3.51. The van der Waals surface area contributed by atoms with Gasteiger partial charge >= 0.3 is 0 Å². The van der Waals surface area contributed by atoms with Gasteiger partial charge in [-0.3, -0.25) is 4.40 Å². The maximum absolute atomic E-state index is 6.00. The van der Waals surface area contributed by atoms with E-state index in [-0.39, 0.29) is 0 Å². The molecule has 21 heavy (non-hydrogen) atoms. The fraction of sp³-hybridized carbons (Fsp3) is 0.267. The van der Waals surface area contributed by atoms with Gasteiger partial charge in [-0.05, 0) is 36.6 Å². The molecule has 0 aliphatic carbocycles. The van der Waals surface area contributed by atoms with Crippen LogP contribution in [0.4, 0.5) is 0 Å². The summed E-state index contributed by atoms with van der Waals surface area (Å²) in [6, 6.07) is 5.96. The average molecular weight is 347 g/mol. The standard InChI is InChI=1S/C15H15BrN4O/c1-9(2)12-8-11(16)4-5-13(12)21-15-14-19-18-10(3)20(14)7-6-17-15/h4-9H,1-3H3. The van der Waals surface area contributed by atoms with Crippen LogP contribution in [0.2, 0.25) is 0 Å². The Kier molecular flexibility index (Phi) is 3.63. The number of hydrogen-bond donors (Lipinski definition) is 0. The fourth-order valence-electron chi connectivity index (χ4n) is 2.16. The molecular formula is C15H15BrN4O. The molecule has 0 atom stereocenters. The van der Waals surface area contributed by atoms with Crippen molar-refractivity contribution < 1.29 is 4.74 Å². The molecule has 6 heteroatoms. The summed E-state index contributed by atoms with van der Waals surface area (Å²) in [5, 5.41) is 8.18. The van der Waals surface area contributed by atoms with E-state index in [9.17, 15) is 0 Å². The monoisotopic (exact) mass is 346 g/mol. The van der Waals surface area contributed by atoms with Gasteiger partial charge in [0.2, 0.25) is 5.65 Å². The largest absolute Gasteiger partial charge is 0.436 e. The van der Waals surface area contributed by atoms with E-state index in [0.717, 1.165) is 21.6 Å². The number of halogens is 1. The van der Waals surface area contributed by atoms with Crippen molar-refractivity contribution in [1.82, 2.24) is 19.6 Å². The topological polar surface area (TPSA) is 52.3 Å². The lowest BCUT2D eigenvalue weighted by Gasteiger charge is -2.13. The van der Waals surface area contributed by atoms with Gasteiger partial charge in [0.25, 0.3) is 5.88 Å². The van der Waals surface area contributed by atoms with Crippen LogP contribution in [-0.4, -0.2) is 19.6 Å². The van der Waals surface area contributed by atoms with Crippen LogP contribution >= 0.6 is 15.9 Å². The molecular weight excluding hydrogens is 332 g/mol. The van der Waals surface area contributed by atoms with Gasteiger partial charge in [-0.2, -0.15) is 0 Å². The van der Waals surface area contributed by atoms with Gasteiger partial charge in [-0.1, -0.05) is 29.8 Å². The Morgan fingerprint density at radius 2 is 2.05 bits per heavy atom. The fourth-order valence-corrected chi connectivity index (χ4v) is 2.54. The lowest BCUT2D eigenvalue weighted by molar-refractivity contribution is 0.456. The maximum Gasteiger partial charge on any atom is 0.265 e. The first kappa shape index (κ1) is 14.0. The number of rotatable bonds is 3. The maximum atomic E-state index is 6.00. The van der Waals surface area contributed by atoms with Crippen LogP contribution in [0.25, 0.3) is 5.65 Å². The third kappa shape index (κ3) is 2.63. The summed E-state index contributed by atoms with van der Waals surface area (Å²) < 4.78 is 8.89. The van der Waals surface area contributed by atoms with Crippen LogP contribution in [0.15, 0.2) is 35.1 Å². The third-order valence-electron chi connectivity index (χ3n) is 3.27. The molecule has 0 bridgehead atoms. The van der Waals surface area contributed by atoms with Crippen molar-refractivity contribution in [1.29, 1.82) is 0 Å². The van der Waals surface area contributed by atoms with Crippen LogP contribution in [0.3, 0.4) is 0 Å². The van der Waals surface area contributed by atoms with Crippen LogP contribution in [0.5, 0.6) is 11.6 Å². The molecule has 0 fully saturated rings. The second kappa shape index (κ2) is 5.44. The Bertz CT molecular complexity index is 797. The van der Waals surface area contributed by atoms with Crippen LogP contribution < -0.4 is 4.74 Å². The molecule has 0 spiro atoms. The Morgan fingerprint density at radius 1 is 1.24 bits per heavy atom. The van der Waals surface area contributed by atoms with Gasteiger partial charge in [0.15, 0.2) is 0 Å². The summed E-state index contributed by atoms with van der Waals surface area (Å²) in [5.74, 6) is 2.39. The molecule has 2 heterocycles. The van der Waals surface area contributed by atoms with E-state index in [1.165, 1.54) is 0 Å². The third-order valence-corrected chi connectivity index (χ3v) is 3.76. The van der Waals surface area contributed by atoms with E-state index >= 15 is 0 Å². The predicted octanol–water partition coefficient (Wildman–Crippen LogP) is 4.11. The smallest absolute Gasteiger partial charge is 0.265 e. The number of aromatic nitrogens is 4. The van der Waals surface area contributed by atoms with Crippen molar-refractivity contribution in [2.75, 3.05) is 0 Å². The Morgan fingerprint density at radius 3 is 2.81 bits per heavy atom. The summed E-state index contributed by atoms with van der Waals surface area (Å²) in [6.45, 7) is 6.15. The highest BCUT2D eigenvalue weighted by molar-refractivity contribution is 9.10. The minimum Gasteiger partial charge on any atom is -0.436 e. The van der Waals surface area contributed by atoms with Crippen LogP contribution in [0.1, 0.15) is 31.2 Å². The highest BCUT2D eigenvalue weighted by atomic mass is 79.9. The van der Waals surface area contributed by atoms with Gasteiger partial charge in [0.1, 0.15) is 11.6 Å². The average Bonchev–Trinajstić information content (AvgIpc) is 2.83. The predicted molar refractivity (Wildman–Crippen MR) is 83.8 cm³/mol. The zero-order valence-corrected chi connectivity index (χ0v) is 13.6. The lowest BCUT2D eigenvalue weighted by Crippen LogP contribution is -1.98. The van der Waals surface area contributed by atoms with Gasteiger partial charge in [0, 0.05) is 16.9 Å². The highest BCUT2D eigenvalue weighted by Crippen LogP contribution is 2.33. The first-order chi connectivity index (χ1) is 10.1. The zero-order chi connectivity index (χ0) is 15.0. The molecule has 0 N–H and O–H groups in total. The molecule has 0 saturated heterocycles. The van der Waals surface area contributed by atoms with E-state index in [2.05, 4.69) is 51.0 Å². The van der Waals surface area contributed by atoms with Crippen molar-refractivity contribution in [3.05, 3.63) is 46.5 Å². The van der Waals surface area contributed by atoms with Gasteiger partial charge < -0.3 is 4.74 Å². The molecule has 0 aliphatic heterocycles. The Labute approximate surface area is 131 Å². The van der Waals surface area contributed by atoms with Gasteiger partial charge in [0.05, 0.1) is 0 Å². The number of ether oxygens (including phenoxy) is 1. The molecule has 3 rings (SSSR count). The van der Waals surface area contributed by atoms with Gasteiger partial charge in [-0.15, -0.1) is 10.2 Å². The molecule has 5 nitrogen and oxygen atoms in total. The zero-order valence-electron chi connectivity index (χ0n) is 12.0. The van der Waals surface area contributed by atoms with E-state index in [4.69, 9.17) is 4.74 Å². The van der Waals surface area contributed by atoms with Crippen molar-refractivity contribution in [2.24, 2.45) is 0 Å². The number of fused-ring (bicyclic) bond motifs is 1. The van der Waals surface area contributed by atoms with E-state index in [1.807, 2.05) is 29.7 Å². The molecule has 3 aromatic rings. The van der Waals surface area contributed by atoms with Crippen LogP contribution in [-0.2, 0) is 0 Å². The Balaban J connectivity index is 2.07. The van der Waals surface area contributed by atoms with E-state index < -0.39 is 0 Å². The van der Waals surface area contributed by atoms with Gasteiger partial charge in [-0.25, -0.2) is 4.98 Å². The number of benzene rings is 1.